The summed E-state index contributed by atoms with van der Waals surface area (Å²) in [5.74, 6) is -0.0271. The lowest BCUT2D eigenvalue weighted by Crippen LogP contribution is -2.44. The average Bonchev–Trinajstić information content (AvgIpc) is 2.96. The third-order valence-corrected chi connectivity index (χ3v) is 5.59. The summed E-state index contributed by atoms with van der Waals surface area (Å²) < 4.78 is 1.75. The first-order valence-corrected chi connectivity index (χ1v) is 8.65. The van der Waals surface area contributed by atoms with Crippen molar-refractivity contribution < 1.29 is 4.79 Å². The van der Waals surface area contributed by atoms with Gasteiger partial charge >= 0.3 is 0 Å². The van der Waals surface area contributed by atoms with E-state index in [9.17, 15) is 4.79 Å². The topological polar surface area (TPSA) is 50.2 Å². The van der Waals surface area contributed by atoms with Crippen molar-refractivity contribution in [3.63, 3.8) is 0 Å². The van der Waals surface area contributed by atoms with Crippen LogP contribution in [-0.2, 0) is 7.05 Å². The van der Waals surface area contributed by atoms with Crippen LogP contribution < -0.4 is 5.32 Å². The number of carbonyl (C=O) groups excluding carboxylic acids is 1. The SMILES string of the molecule is Cn1cncc1C(=O)NCCN1CCC2(CCCCC2)CC1. The molecule has 5 heteroatoms. The minimum absolute atomic E-state index is 0.0271. The second-order valence-electron chi connectivity index (χ2n) is 7.05. The maximum Gasteiger partial charge on any atom is 0.269 e. The van der Waals surface area contributed by atoms with Crippen LogP contribution in [0.4, 0.5) is 0 Å². The van der Waals surface area contributed by atoms with Crippen molar-refractivity contribution in [3.05, 3.63) is 18.2 Å². The second-order valence-corrected chi connectivity index (χ2v) is 7.05. The van der Waals surface area contributed by atoms with Gasteiger partial charge in [-0.05, 0) is 44.2 Å². The molecular formula is C17H28N4O. The maximum absolute atomic E-state index is 12.0. The highest BCUT2D eigenvalue weighted by Gasteiger charge is 2.35. The lowest BCUT2D eigenvalue weighted by Gasteiger charge is -2.44. The standard InChI is InChI=1S/C17H28N4O/c1-20-14-18-13-15(20)16(22)19-9-12-21-10-7-17(8-11-21)5-3-2-4-6-17/h13-14H,2-12H2,1H3,(H,19,22). The third kappa shape index (κ3) is 3.51. The third-order valence-electron chi connectivity index (χ3n) is 5.59. The number of nitrogens with one attached hydrogen (secondary N) is 1. The Labute approximate surface area is 133 Å². The van der Waals surface area contributed by atoms with Crippen molar-refractivity contribution in [1.82, 2.24) is 19.8 Å². The number of nitrogens with zero attached hydrogens (tertiary/aromatic N) is 3. The van der Waals surface area contributed by atoms with Crippen molar-refractivity contribution in [2.75, 3.05) is 26.2 Å². The van der Waals surface area contributed by atoms with Crippen molar-refractivity contribution in [3.8, 4) is 0 Å². The first-order valence-electron chi connectivity index (χ1n) is 8.65. The van der Waals surface area contributed by atoms with Crippen LogP contribution in [0.15, 0.2) is 12.5 Å². The zero-order chi connectivity index (χ0) is 15.4. The van der Waals surface area contributed by atoms with Gasteiger partial charge in [0, 0.05) is 20.1 Å². The van der Waals surface area contributed by atoms with Crippen LogP contribution in [0.1, 0.15) is 55.4 Å². The van der Waals surface area contributed by atoms with Gasteiger partial charge < -0.3 is 14.8 Å². The van der Waals surface area contributed by atoms with E-state index in [1.54, 1.807) is 17.1 Å². The first kappa shape index (κ1) is 15.5. The Morgan fingerprint density at radius 3 is 2.59 bits per heavy atom. The van der Waals surface area contributed by atoms with E-state index < -0.39 is 0 Å². The number of hydrogen-bond donors (Lipinski definition) is 1. The van der Waals surface area contributed by atoms with Crippen molar-refractivity contribution in [2.45, 2.75) is 44.9 Å². The molecular weight excluding hydrogens is 276 g/mol. The summed E-state index contributed by atoms with van der Waals surface area (Å²) in [4.78, 5) is 18.5. The fourth-order valence-electron chi connectivity index (χ4n) is 4.05. The van der Waals surface area contributed by atoms with Crippen molar-refractivity contribution in [1.29, 1.82) is 0 Å². The van der Waals surface area contributed by atoms with Gasteiger partial charge in [-0.25, -0.2) is 4.98 Å². The normalized spacial score (nSPS) is 21.9. The number of aromatic nitrogens is 2. The summed E-state index contributed by atoms with van der Waals surface area (Å²) >= 11 is 0. The number of hydrogen-bond acceptors (Lipinski definition) is 3. The predicted molar refractivity (Wildman–Crippen MR) is 86.7 cm³/mol. The zero-order valence-electron chi connectivity index (χ0n) is 13.7. The fourth-order valence-corrected chi connectivity index (χ4v) is 4.05. The highest BCUT2D eigenvalue weighted by molar-refractivity contribution is 5.92. The monoisotopic (exact) mass is 304 g/mol. The molecule has 1 N–H and O–H groups in total. The van der Waals surface area contributed by atoms with Gasteiger partial charge in [-0.15, -0.1) is 0 Å². The largest absolute Gasteiger partial charge is 0.349 e. The lowest BCUT2D eigenvalue weighted by atomic mass is 9.68. The van der Waals surface area contributed by atoms with E-state index in [2.05, 4.69) is 15.2 Å². The molecule has 2 aliphatic rings. The molecule has 22 heavy (non-hydrogen) atoms. The van der Waals surface area contributed by atoms with E-state index in [4.69, 9.17) is 0 Å². The highest BCUT2D eigenvalue weighted by Crippen LogP contribution is 2.44. The smallest absolute Gasteiger partial charge is 0.269 e. The maximum atomic E-state index is 12.0. The number of amides is 1. The molecule has 0 aromatic carbocycles. The van der Waals surface area contributed by atoms with Crippen LogP contribution >= 0.6 is 0 Å². The molecule has 0 atom stereocenters. The van der Waals surface area contributed by atoms with Gasteiger partial charge in [0.25, 0.3) is 5.91 Å². The van der Waals surface area contributed by atoms with Gasteiger partial charge in [0.2, 0.25) is 0 Å². The Morgan fingerprint density at radius 1 is 1.23 bits per heavy atom. The molecule has 2 fully saturated rings. The lowest BCUT2D eigenvalue weighted by molar-refractivity contribution is 0.0672. The van der Waals surface area contributed by atoms with Gasteiger partial charge in [0.15, 0.2) is 0 Å². The van der Waals surface area contributed by atoms with Gasteiger partial charge in [-0.3, -0.25) is 4.79 Å². The van der Waals surface area contributed by atoms with Crippen molar-refractivity contribution in [2.24, 2.45) is 12.5 Å². The highest BCUT2D eigenvalue weighted by atomic mass is 16.1. The molecule has 1 saturated carbocycles. The van der Waals surface area contributed by atoms with Crippen LogP contribution in [0.3, 0.4) is 0 Å². The molecule has 1 aliphatic carbocycles. The summed E-state index contributed by atoms with van der Waals surface area (Å²) in [6, 6.07) is 0. The molecule has 3 rings (SSSR count). The first-order chi connectivity index (χ1) is 10.7. The van der Waals surface area contributed by atoms with E-state index in [1.807, 2.05) is 7.05 Å². The molecule has 1 saturated heterocycles. The van der Waals surface area contributed by atoms with Crippen LogP contribution in [0.2, 0.25) is 0 Å². The predicted octanol–water partition coefficient (Wildman–Crippen LogP) is 2.20. The fraction of sp³-hybridized carbons (Fsp3) is 0.765. The average molecular weight is 304 g/mol. The molecule has 2 heterocycles. The van der Waals surface area contributed by atoms with Gasteiger partial charge in [-0.1, -0.05) is 19.3 Å². The van der Waals surface area contributed by atoms with E-state index >= 15 is 0 Å². The van der Waals surface area contributed by atoms with E-state index in [0.717, 1.165) is 13.1 Å². The second kappa shape index (κ2) is 6.82. The van der Waals surface area contributed by atoms with Gasteiger partial charge in [0.1, 0.15) is 5.69 Å². The number of carbonyl (C=O) groups is 1. The Hall–Kier alpha value is -1.36. The Morgan fingerprint density at radius 2 is 1.95 bits per heavy atom. The minimum atomic E-state index is -0.0271. The summed E-state index contributed by atoms with van der Waals surface area (Å²) in [6.45, 7) is 4.07. The van der Waals surface area contributed by atoms with E-state index in [0.29, 0.717) is 11.1 Å². The molecule has 1 aliphatic heterocycles. The molecule has 1 spiro atoms. The Balaban J connectivity index is 1.38. The van der Waals surface area contributed by atoms with Crippen LogP contribution in [0.25, 0.3) is 0 Å². The van der Waals surface area contributed by atoms with Crippen LogP contribution in [-0.4, -0.2) is 46.5 Å². The van der Waals surface area contributed by atoms with E-state index in [-0.39, 0.29) is 5.91 Å². The summed E-state index contributed by atoms with van der Waals surface area (Å²) in [6.07, 6.45) is 13.2. The molecule has 0 unspecified atom stereocenters. The van der Waals surface area contributed by atoms with Gasteiger partial charge in [-0.2, -0.15) is 0 Å². The van der Waals surface area contributed by atoms with Crippen molar-refractivity contribution >= 4 is 5.91 Å². The number of imidazole rings is 1. The number of aryl methyl sites for hydroxylation is 1. The summed E-state index contributed by atoms with van der Waals surface area (Å²) in [5.41, 5.74) is 1.28. The molecule has 5 nitrogen and oxygen atoms in total. The molecule has 1 aromatic heterocycles. The minimum Gasteiger partial charge on any atom is -0.349 e. The van der Waals surface area contributed by atoms with Gasteiger partial charge in [0.05, 0.1) is 12.5 Å². The molecule has 0 bridgehead atoms. The Kier molecular flexibility index (Phi) is 4.81. The number of likely N-dealkylation sites (tertiary alicyclic amines) is 1. The summed E-state index contributed by atoms with van der Waals surface area (Å²) in [7, 11) is 1.84. The quantitative estimate of drug-likeness (QED) is 0.928. The molecule has 122 valence electrons. The number of piperidine rings is 1. The molecule has 0 radical (unpaired) electrons. The van der Waals surface area contributed by atoms with Crippen LogP contribution in [0.5, 0.6) is 0 Å². The number of rotatable bonds is 4. The zero-order valence-corrected chi connectivity index (χ0v) is 13.7. The molecule has 1 amide bonds. The molecule has 1 aromatic rings. The van der Waals surface area contributed by atoms with Crippen LogP contribution in [0, 0.1) is 5.41 Å². The van der Waals surface area contributed by atoms with E-state index in [1.165, 1.54) is 58.0 Å². The summed E-state index contributed by atoms with van der Waals surface area (Å²) in [5, 5.41) is 3.00. The Bertz CT molecular complexity index is 495.